The lowest BCUT2D eigenvalue weighted by atomic mass is 10.0. The summed E-state index contributed by atoms with van der Waals surface area (Å²) in [4.78, 5) is 95.6. The molecule has 0 unspecified atom stereocenters. The van der Waals surface area contributed by atoms with Gasteiger partial charge in [0.25, 0.3) is 5.91 Å². The van der Waals surface area contributed by atoms with Crippen molar-refractivity contribution in [2.75, 3.05) is 19.7 Å². The average molecular weight is 661 g/mol. The quantitative estimate of drug-likeness (QED) is 0.144. The summed E-state index contributed by atoms with van der Waals surface area (Å²) in [5.74, 6) is -4.83. The summed E-state index contributed by atoms with van der Waals surface area (Å²) >= 11 is 0. The Morgan fingerprint density at radius 2 is 1.36 bits per heavy atom. The molecule has 0 bridgehead atoms. The van der Waals surface area contributed by atoms with E-state index in [0.717, 1.165) is 5.56 Å². The minimum absolute atomic E-state index is 0.0284. The summed E-state index contributed by atoms with van der Waals surface area (Å²) in [5.41, 5.74) is 8.40. The molecule has 7 amide bonds. The largest absolute Gasteiger partial charge is 0.345 e. The van der Waals surface area contributed by atoms with Crippen molar-refractivity contribution in [1.29, 1.82) is 0 Å². The molecule has 1 saturated heterocycles. The first-order valence-corrected chi connectivity index (χ1v) is 15.7. The third-order valence-electron chi connectivity index (χ3n) is 7.18. The van der Waals surface area contributed by atoms with Crippen molar-refractivity contribution in [3.8, 4) is 0 Å². The van der Waals surface area contributed by atoms with Crippen molar-refractivity contribution in [2.45, 2.75) is 90.0 Å². The van der Waals surface area contributed by atoms with E-state index in [1.807, 2.05) is 13.8 Å². The number of carbonyl (C=O) groups excluding carboxylic acids is 7. The maximum atomic E-state index is 13.4. The Labute approximate surface area is 274 Å². The third-order valence-corrected chi connectivity index (χ3v) is 7.18. The predicted octanol–water partition coefficient (Wildman–Crippen LogP) is -1.95. The van der Waals surface area contributed by atoms with Gasteiger partial charge in [0, 0.05) is 6.42 Å². The highest BCUT2D eigenvalue weighted by Crippen LogP contribution is 2.09. The molecule has 0 spiro atoms. The SMILES string of the molecule is CC(C)C[C@@H]1NC(=O)[C@H](CCCCN)NC(=O)[C@H](C)NC(=O)CONC(=O)[C@H](C)NC(=O)[C@H](Cc2ccccc2)NC(=O)CNC1=O. The number of hydrogen-bond acceptors (Lipinski definition) is 9. The summed E-state index contributed by atoms with van der Waals surface area (Å²) in [7, 11) is 0. The number of amides is 7. The summed E-state index contributed by atoms with van der Waals surface area (Å²) in [6.07, 6.45) is 1.61. The molecular weight excluding hydrogens is 612 g/mol. The maximum Gasteiger partial charge on any atom is 0.265 e. The number of rotatable bonds is 8. The number of unbranched alkanes of at least 4 members (excludes halogenated alkanes) is 1. The average Bonchev–Trinajstić information content (AvgIpc) is 3.02. The lowest BCUT2D eigenvalue weighted by Crippen LogP contribution is -2.58. The van der Waals surface area contributed by atoms with Crippen LogP contribution >= 0.6 is 0 Å². The van der Waals surface area contributed by atoms with E-state index >= 15 is 0 Å². The molecule has 1 aromatic rings. The molecule has 0 radical (unpaired) electrons. The summed E-state index contributed by atoms with van der Waals surface area (Å²) in [6.45, 7) is 5.73. The van der Waals surface area contributed by atoms with Gasteiger partial charge >= 0.3 is 0 Å². The van der Waals surface area contributed by atoms with E-state index in [9.17, 15) is 33.6 Å². The van der Waals surface area contributed by atoms with Gasteiger partial charge in [0.2, 0.25) is 35.4 Å². The Morgan fingerprint density at radius 3 is 2.02 bits per heavy atom. The van der Waals surface area contributed by atoms with E-state index in [2.05, 4.69) is 37.4 Å². The van der Waals surface area contributed by atoms with Crippen molar-refractivity contribution in [3.63, 3.8) is 0 Å². The zero-order chi connectivity index (χ0) is 34.9. The Bertz CT molecular complexity index is 1250. The second-order valence-electron chi connectivity index (χ2n) is 11.8. The Kier molecular flexibility index (Phi) is 16.3. The van der Waals surface area contributed by atoms with Crippen molar-refractivity contribution in [1.82, 2.24) is 37.4 Å². The lowest BCUT2D eigenvalue weighted by Gasteiger charge is -2.25. The fourth-order valence-electron chi connectivity index (χ4n) is 4.62. The van der Waals surface area contributed by atoms with Crippen molar-refractivity contribution >= 4 is 41.4 Å². The van der Waals surface area contributed by atoms with Gasteiger partial charge in [-0.2, -0.15) is 0 Å². The van der Waals surface area contributed by atoms with Gasteiger partial charge in [0.05, 0.1) is 6.54 Å². The number of hydrogen-bond donors (Lipinski definition) is 8. The van der Waals surface area contributed by atoms with E-state index in [4.69, 9.17) is 10.6 Å². The minimum Gasteiger partial charge on any atom is -0.345 e. The van der Waals surface area contributed by atoms with Crippen LogP contribution in [0.25, 0.3) is 0 Å². The summed E-state index contributed by atoms with van der Waals surface area (Å²) in [6, 6.07) is 3.45. The van der Waals surface area contributed by atoms with Crippen molar-refractivity contribution in [3.05, 3.63) is 35.9 Å². The fraction of sp³-hybridized carbons (Fsp3) is 0.581. The fourth-order valence-corrected chi connectivity index (χ4v) is 4.62. The highest BCUT2D eigenvalue weighted by molar-refractivity contribution is 5.96. The second-order valence-corrected chi connectivity index (χ2v) is 11.8. The summed E-state index contributed by atoms with van der Waals surface area (Å²) < 4.78 is 0. The maximum absolute atomic E-state index is 13.4. The molecule has 1 aliphatic rings. The third kappa shape index (κ3) is 14.2. The molecule has 47 heavy (non-hydrogen) atoms. The first-order valence-electron chi connectivity index (χ1n) is 15.7. The van der Waals surface area contributed by atoms with Gasteiger partial charge in [-0.05, 0) is 57.6 Å². The number of benzene rings is 1. The van der Waals surface area contributed by atoms with E-state index in [0.29, 0.717) is 19.4 Å². The number of hydroxylamine groups is 1. The van der Waals surface area contributed by atoms with Gasteiger partial charge in [0.1, 0.15) is 30.2 Å². The summed E-state index contributed by atoms with van der Waals surface area (Å²) in [5, 5.41) is 15.4. The molecular formula is C31H48N8O8. The van der Waals surface area contributed by atoms with Crippen LogP contribution in [0.4, 0.5) is 0 Å². The van der Waals surface area contributed by atoms with Crippen molar-refractivity contribution in [2.24, 2.45) is 11.7 Å². The second kappa shape index (κ2) is 19.8. The Hall–Kier alpha value is -4.57. The van der Waals surface area contributed by atoms with Gasteiger partial charge in [0.15, 0.2) is 6.61 Å². The highest BCUT2D eigenvalue weighted by Gasteiger charge is 2.30. The van der Waals surface area contributed by atoms with E-state index in [-0.39, 0.29) is 25.2 Å². The molecule has 0 saturated carbocycles. The first kappa shape index (κ1) is 38.6. The molecule has 0 aliphatic carbocycles. The molecule has 1 heterocycles. The normalized spacial score (nSPS) is 24.7. The minimum atomic E-state index is -1.13. The molecule has 16 nitrogen and oxygen atoms in total. The first-order chi connectivity index (χ1) is 22.3. The number of nitrogens with one attached hydrogen (secondary N) is 7. The van der Waals surface area contributed by atoms with Crippen molar-refractivity contribution < 1.29 is 38.4 Å². The van der Waals surface area contributed by atoms with E-state index in [1.54, 1.807) is 30.3 Å². The van der Waals surface area contributed by atoms with Gasteiger partial charge in [-0.25, -0.2) is 5.48 Å². The van der Waals surface area contributed by atoms with Gasteiger partial charge < -0.3 is 37.6 Å². The molecule has 0 aromatic heterocycles. The number of carbonyl (C=O) groups is 7. The van der Waals surface area contributed by atoms with E-state index in [1.165, 1.54) is 13.8 Å². The molecule has 2 rings (SSSR count). The van der Waals surface area contributed by atoms with Crippen LogP contribution in [0.2, 0.25) is 0 Å². The van der Waals surface area contributed by atoms with E-state index < -0.39 is 84.7 Å². The molecule has 5 atom stereocenters. The lowest BCUT2D eigenvalue weighted by molar-refractivity contribution is -0.143. The monoisotopic (exact) mass is 660 g/mol. The van der Waals surface area contributed by atoms with Crippen LogP contribution in [0.5, 0.6) is 0 Å². The van der Waals surface area contributed by atoms with Gasteiger partial charge in [-0.1, -0.05) is 44.2 Å². The van der Waals surface area contributed by atoms with Gasteiger partial charge in [-0.15, -0.1) is 0 Å². The molecule has 1 aromatic carbocycles. The smallest absolute Gasteiger partial charge is 0.265 e. The van der Waals surface area contributed by atoms with Gasteiger partial charge in [-0.3, -0.25) is 38.4 Å². The highest BCUT2D eigenvalue weighted by atomic mass is 16.7. The molecule has 16 heteroatoms. The van der Waals surface area contributed by atoms with Crippen LogP contribution < -0.4 is 43.1 Å². The molecule has 9 N–H and O–H groups in total. The molecule has 260 valence electrons. The predicted molar refractivity (Wildman–Crippen MR) is 171 cm³/mol. The van der Waals surface area contributed by atoms with Crippen LogP contribution in [0.3, 0.4) is 0 Å². The topological polar surface area (TPSA) is 239 Å². The van der Waals surface area contributed by atoms with Crippen LogP contribution in [-0.4, -0.2) is 91.3 Å². The standard InChI is InChI=1S/C31H48N8O8/c1-18(2)14-23-29(44)33-16-25(40)36-24(15-21-10-6-5-7-11-21)31(46)35-20(4)28(43)39-47-17-26(41)34-19(3)27(42)37-22(30(45)38-23)12-8-9-13-32/h5-7,10-11,18-20,22-24H,8-9,12-17,32H2,1-4H3,(H,33,44)(H,34,41)(H,35,46)(H,36,40)(H,37,42)(H,38,45)(H,39,43)/t19-,20-,22-,23-,24-/m0/s1. The number of nitrogens with two attached hydrogens (primary N) is 1. The molecule has 1 aliphatic heterocycles. The van der Waals surface area contributed by atoms with Crippen LogP contribution in [-0.2, 0) is 44.8 Å². The Balaban J connectivity index is 2.33. The van der Waals surface area contributed by atoms with Crippen LogP contribution in [0, 0.1) is 5.92 Å². The zero-order valence-corrected chi connectivity index (χ0v) is 27.4. The zero-order valence-electron chi connectivity index (χ0n) is 27.4. The van der Waals surface area contributed by atoms with Crippen LogP contribution in [0.1, 0.15) is 58.9 Å². The van der Waals surface area contributed by atoms with Crippen LogP contribution in [0.15, 0.2) is 30.3 Å². The Morgan fingerprint density at radius 1 is 0.723 bits per heavy atom. The molecule has 1 fully saturated rings.